The molecule has 0 saturated carbocycles. The fourth-order valence-corrected chi connectivity index (χ4v) is 1.76. The summed E-state index contributed by atoms with van der Waals surface area (Å²) in [7, 11) is 3.90. The summed E-state index contributed by atoms with van der Waals surface area (Å²) in [6.45, 7) is 0.568. The van der Waals surface area contributed by atoms with Crippen LogP contribution in [0, 0.1) is 0 Å². The number of imidazole rings is 1. The number of aromatic nitrogens is 2. The molecule has 1 amide bonds. The minimum atomic E-state index is -0.0599. The van der Waals surface area contributed by atoms with Gasteiger partial charge in [-0.1, -0.05) is 6.07 Å². The summed E-state index contributed by atoms with van der Waals surface area (Å²) >= 11 is 0. The van der Waals surface area contributed by atoms with Crippen molar-refractivity contribution in [2.24, 2.45) is 0 Å². The minimum absolute atomic E-state index is 0.0599. The normalized spacial score (nSPS) is 10.2. The first-order chi connectivity index (χ1) is 9.16. The molecule has 2 aromatic rings. The molecule has 2 rings (SSSR count). The highest BCUT2D eigenvalue weighted by Gasteiger charge is 2.06. The van der Waals surface area contributed by atoms with Gasteiger partial charge in [0.1, 0.15) is 5.82 Å². The Labute approximate surface area is 112 Å². The second-order valence-electron chi connectivity index (χ2n) is 4.49. The van der Waals surface area contributed by atoms with Crippen LogP contribution in [0.5, 0.6) is 0 Å². The number of hydrogen-bond donors (Lipinski definition) is 2. The Kier molecular flexibility index (Phi) is 4.18. The maximum atomic E-state index is 12.0. The van der Waals surface area contributed by atoms with E-state index < -0.39 is 0 Å². The van der Waals surface area contributed by atoms with E-state index in [1.54, 1.807) is 12.4 Å². The molecular formula is C14H18N4O. The summed E-state index contributed by atoms with van der Waals surface area (Å²) in [4.78, 5) is 21.1. The highest BCUT2D eigenvalue weighted by molar-refractivity contribution is 5.95. The van der Waals surface area contributed by atoms with Crippen molar-refractivity contribution in [1.82, 2.24) is 15.3 Å². The molecule has 0 saturated heterocycles. The number of amides is 1. The van der Waals surface area contributed by atoms with Gasteiger partial charge in [-0.15, -0.1) is 0 Å². The maximum absolute atomic E-state index is 12.0. The lowest BCUT2D eigenvalue weighted by molar-refractivity contribution is 0.0954. The third kappa shape index (κ3) is 3.58. The van der Waals surface area contributed by atoms with E-state index in [-0.39, 0.29) is 5.91 Å². The number of rotatable bonds is 5. The van der Waals surface area contributed by atoms with E-state index in [2.05, 4.69) is 15.3 Å². The summed E-state index contributed by atoms with van der Waals surface area (Å²) in [5.74, 6) is 0.817. The maximum Gasteiger partial charge on any atom is 0.251 e. The predicted octanol–water partition coefficient (Wildman–Crippen LogP) is 1.45. The molecule has 1 heterocycles. The van der Waals surface area contributed by atoms with Crippen molar-refractivity contribution in [2.45, 2.75) is 6.42 Å². The van der Waals surface area contributed by atoms with Crippen LogP contribution >= 0.6 is 0 Å². The molecule has 0 aliphatic rings. The van der Waals surface area contributed by atoms with Crippen molar-refractivity contribution in [3.05, 3.63) is 48.0 Å². The van der Waals surface area contributed by atoms with E-state index in [1.165, 1.54) is 0 Å². The number of hydrogen-bond acceptors (Lipinski definition) is 3. The largest absolute Gasteiger partial charge is 0.378 e. The molecule has 0 aliphatic carbocycles. The van der Waals surface area contributed by atoms with Crippen LogP contribution in [0.15, 0.2) is 36.7 Å². The van der Waals surface area contributed by atoms with Crippen molar-refractivity contribution in [1.29, 1.82) is 0 Å². The first kappa shape index (κ1) is 13.1. The third-order valence-corrected chi connectivity index (χ3v) is 2.83. The van der Waals surface area contributed by atoms with Crippen LogP contribution in [0.25, 0.3) is 0 Å². The second-order valence-corrected chi connectivity index (χ2v) is 4.49. The molecule has 0 radical (unpaired) electrons. The number of anilines is 1. The summed E-state index contributed by atoms with van der Waals surface area (Å²) in [5, 5.41) is 2.89. The van der Waals surface area contributed by atoms with Gasteiger partial charge in [0.15, 0.2) is 0 Å². The molecule has 0 unspecified atom stereocenters. The van der Waals surface area contributed by atoms with E-state index in [1.807, 2.05) is 43.3 Å². The molecule has 0 fully saturated rings. The van der Waals surface area contributed by atoms with Gasteiger partial charge in [-0.05, 0) is 18.2 Å². The zero-order valence-electron chi connectivity index (χ0n) is 11.2. The predicted molar refractivity (Wildman–Crippen MR) is 75.4 cm³/mol. The number of nitrogens with one attached hydrogen (secondary N) is 2. The third-order valence-electron chi connectivity index (χ3n) is 2.83. The van der Waals surface area contributed by atoms with E-state index in [4.69, 9.17) is 0 Å². The van der Waals surface area contributed by atoms with Gasteiger partial charge >= 0.3 is 0 Å². The van der Waals surface area contributed by atoms with Crippen LogP contribution in [-0.4, -0.2) is 36.5 Å². The summed E-state index contributed by atoms with van der Waals surface area (Å²) in [6.07, 6.45) is 4.18. The van der Waals surface area contributed by atoms with Gasteiger partial charge in [0.2, 0.25) is 0 Å². The molecule has 0 atom stereocenters. The Hall–Kier alpha value is -2.30. The SMILES string of the molecule is CN(C)c1cccc(C(=O)NCCc2ncc[nH]2)c1. The monoisotopic (exact) mass is 258 g/mol. The number of aromatic amines is 1. The van der Waals surface area contributed by atoms with Gasteiger partial charge in [-0.3, -0.25) is 4.79 Å². The molecule has 0 aliphatic heterocycles. The van der Waals surface area contributed by atoms with Crippen molar-refractivity contribution in [3.8, 4) is 0 Å². The van der Waals surface area contributed by atoms with Crippen molar-refractivity contribution < 1.29 is 4.79 Å². The van der Waals surface area contributed by atoms with E-state index in [0.717, 1.165) is 11.5 Å². The van der Waals surface area contributed by atoms with Crippen LogP contribution < -0.4 is 10.2 Å². The van der Waals surface area contributed by atoms with Gasteiger partial charge in [-0.25, -0.2) is 4.98 Å². The number of carbonyl (C=O) groups excluding carboxylic acids is 1. The Morgan fingerprint density at radius 3 is 2.95 bits per heavy atom. The van der Waals surface area contributed by atoms with Crippen LogP contribution in [0.1, 0.15) is 16.2 Å². The van der Waals surface area contributed by atoms with Crippen LogP contribution in [-0.2, 0) is 6.42 Å². The molecular weight excluding hydrogens is 240 g/mol. The fourth-order valence-electron chi connectivity index (χ4n) is 1.76. The van der Waals surface area contributed by atoms with Gasteiger partial charge < -0.3 is 15.2 Å². The number of nitrogens with zero attached hydrogens (tertiary/aromatic N) is 2. The lowest BCUT2D eigenvalue weighted by atomic mass is 10.2. The number of benzene rings is 1. The molecule has 0 bridgehead atoms. The molecule has 2 N–H and O–H groups in total. The molecule has 1 aromatic heterocycles. The van der Waals surface area contributed by atoms with Crippen LogP contribution in [0.4, 0.5) is 5.69 Å². The van der Waals surface area contributed by atoms with Gasteiger partial charge in [0.05, 0.1) is 0 Å². The van der Waals surface area contributed by atoms with Crippen molar-refractivity contribution in [2.75, 3.05) is 25.5 Å². The zero-order valence-corrected chi connectivity index (χ0v) is 11.2. The lowest BCUT2D eigenvalue weighted by Gasteiger charge is -2.13. The Balaban J connectivity index is 1.90. The lowest BCUT2D eigenvalue weighted by Crippen LogP contribution is -2.26. The second kappa shape index (κ2) is 6.04. The van der Waals surface area contributed by atoms with Gasteiger partial charge in [0.25, 0.3) is 5.91 Å². The first-order valence-electron chi connectivity index (χ1n) is 6.20. The van der Waals surface area contributed by atoms with Crippen molar-refractivity contribution in [3.63, 3.8) is 0 Å². The first-order valence-corrected chi connectivity index (χ1v) is 6.20. The smallest absolute Gasteiger partial charge is 0.251 e. The highest BCUT2D eigenvalue weighted by atomic mass is 16.1. The summed E-state index contributed by atoms with van der Waals surface area (Å²) < 4.78 is 0. The minimum Gasteiger partial charge on any atom is -0.378 e. The van der Waals surface area contributed by atoms with Crippen LogP contribution in [0.2, 0.25) is 0 Å². The number of carbonyl (C=O) groups is 1. The average molecular weight is 258 g/mol. The standard InChI is InChI=1S/C14H18N4O/c1-18(2)12-5-3-4-11(10-12)14(19)17-7-6-13-15-8-9-16-13/h3-5,8-10H,6-7H2,1-2H3,(H,15,16)(H,17,19). The topological polar surface area (TPSA) is 61.0 Å². The molecule has 100 valence electrons. The molecule has 5 heteroatoms. The quantitative estimate of drug-likeness (QED) is 0.853. The molecule has 1 aromatic carbocycles. The van der Waals surface area contributed by atoms with E-state index in [0.29, 0.717) is 18.5 Å². The number of H-pyrrole nitrogens is 1. The Morgan fingerprint density at radius 2 is 2.26 bits per heavy atom. The fraction of sp³-hybridized carbons (Fsp3) is 0.286. The Bertz CT molecular complexity index is 534. The average Bonchev–Trinajstić information content (AvgIpc) is 2.92. The summed E-state index contributed by atoms with van der Waals surface area (Å²) in [6, 6.07) is 7.55. The van der Waals surface area contributed by atoms with E-state index >= 15 is 0 Å². The molecule has 5 nitrogen and oxygen atoms in total. The van der Waals surface area contributed by atoms with Gasteiger partial charge in [0, 0.05) is 50.7 Å². The van der Waals surface area contributed by atoms with Crippen molar-refractivity contribution >= 4 is 11.6 Å². The zero-order chi connectivity index (χ0) is 13.7. The summed E-state index contributed by atoms with van der Waals surface area (Å²) in [5.41, 5.74) is 1.68. The highest BCUT2D eigenvalue weighted by Crippen LogP contribution is 2.13. The van der Waals surface area contributed by atoms with E-state index in [9.17, 15) is 4.79 Å². The molecule has 19 heavy (non-hydrogen) atoms. The van der Waals surface area contributed by atoms with Crippen LogP contribution in [0.3, 0.4) is 0 Å². The van der Waals surface area contributed by atoms with Gasteiger partial charge in [-0.2, -0.15) is 0 Å². The Morgan fingerprint density at radius 1 is 1.42 bits per heavy atom. The molecule has 0 spiro atoms.